The molecular formula is C17H21OP. The van der Waals surface area contributed by atoms with E-state index in [1.807, 2.05) is 0 Å². The molecule has 19 heavy (non-hydrogen) atoms. The molecule has 2 aromatic carbocycles. The fourth-order valence-corrected chi connectivity index (χ4v) is 3.89. The molecule has 0 spiro atoms. The molecule has 0 aromatic heterocycles. The Labute approximate surface area is 117 Å². The average Bonchev–Trinajstić information content (AvgIpc) is 2.49. The number of ether oxygens (including phenoxy) is 1. The smallest absolute Gasteiger partial charge is 0.0742 e. The van der Waals surface area contributed by atoms with Crippen LogP contribution in [0.5, 0.6) is 0 Å². The van der Waals surface area contributed by atoms with Crippen LogP contribution in [-0.4, -0.2) is 13.0 Å². The number of benzene rings is 2. The van der Waals surface area contributed by atoms with Crippen molar-refractivity contribution in [2.45, 2.75) is 19.8 Å². The first-order valence-corrected chi connectivity index (χ1v) is 8.40. The largest absolute Gasteiger partial charge is 0.376 e. The van der Waals surface area contributed by atoms with Crippen molar-refractivity contribution >= 4 is 18.5 Å². The fraction of sp³-hybridized carbons (Fsp3) is 0.294. The third kappa shape index (κ3) is 4.45. The highest BCUT2D eigenvalue weighted by Crippen LogP contribution is 2.33. The fourth-order valence-electron chi connectivity index (χ4n) is 1.92. The van der Waals surface area contributed by atoms with Gasteiger partial charge in [0.25, 0.3) is 0 Å². The topological polar surface area (TPSA) is 9.23 Å². The molecule has 0 unspecified atom stereocenters. The number of rotatable bonds is 7. The van der Waals surface area contributed by atoms with Gasteiger partial charge < -0.3 is 4.74 Å². The molecule has 0 heterocycles. The molecule has 1 nitrogen and oxygen atoms in total. The van der Waals surface area contributed by atoms with Crippen molar-refractivity contribution < 1.29 is 4.74 Å². The lowest BCUT2D eigenvalue weighted by molar-refractivity contribution is 0.177. The van der Waals surface area contributed by atoms with Crippen LogP contribution in [0.15, 0.2) is 60.7 Å². The molecule has 2 heteroatoms. The Morgan fingerprint density at radius 2 is 1.37 bits per heavy atom. The second-order valence-corrected chi connectivity index (χ2v) is 6.64. The molecule has 2 aromatic rings. The molecule has 0 saturated heterocycles. The van der Waals surface area contributed by atoms with Gasteiger partial charge in [0.05, 0.1) is 6.35 Å². The molecule has 0 N–H and O–H groups in total. The van der Waals surface area contributed by atoms with Crippen LogP contribution in [0.2, 0.25) is 0 Å². The van der Waals surface area contributed by atoms with Crippen LogP contribution in [0, 0.1) is 0 Å². The monoisotopic (exact) mass is 272 g/mol. The summed E-state index contributed by atoms with van der Waals surface area (Å²) in [6.07, 6.45) is 3.16. The lowest BCUT2D eigenvalue weighted by Crippen LogP contribution is -2.15. The molecule has 0 aliphatic heterocycles. The Morgan fingerprint density at radius 1 is 0.842 bits per heavy atom. The molecule has 0 fully saturated rings. The summed E-state index contributed by atoms with van der Waals surface area (Å²) in [5, 5.41) is 2.78. The summed E-state index contributed by atoms with van der Waals surface area (Å²) in [6, 6.07) is 21.4. The van der Waals surface area contributed by atoms with E-state index in [9.17, 15) is 0 Å². The maximum absolute atomic E-state index is 5.87. The van der Waals surface area contributed by atoms with E-state index in [0.717, 1.165) is 19.4 Å². The van der Waals surface area contributed by atoms with E-state index in [-0.39, 0.29) is 7.92 Å². The van der Waals surface area contributed by atoms with Gasteiger partial charge in [0.15, 0.2) is 0 Å². The van der Waals surface area contributed by atoms with Crippen LogP contribution in [0.1, 0.15) is 19.8 Å². The van der Waals surface area contributed by atoms with Crippen LogP contribution in [0.4, 0.5) is 0 Å². The quantitative estimate of drug-likeness (QED) is 0.549. The van der Waals surface area contributed by atoms with Crippen molar-refractivity contribution in [3.63, 3.8) is 0 Å². The van der Waals surface area contributed by atoms with Crippen molar-refractivity contribution in [1.82, 2.24) is 0 Å². The zero-order chi connectivity index (χ0) is 13.3. The molecule has 0 aliphatic carbocycles. The predicted molar refractivity (Wildman–Crippen MR) is 84.8 cm³/mol. The van der Waals surface area contributed by atoms with E-state index >= 15 is 0 Å². The Balaban J connectivity index is 2.10. The molecule has 0 aliphatic rings. The highest BCUT2D eigenvalue weighted by Gasteiger charge is 2.13. The third-order valence-electron chi connectivity index (χ3n) is 3.00. The van der Waals surface area contributed by atoms with Gasteiger partial charge in [0.2, 0.25) is 0 Å². The Bertz CT molecular complexity index is 416. The van der Waals surface area contributed by atoms with E-state index in [0.29, 0.717) is 0 Å². The third-order valence-corrected chi connectivity index (χ3v) is 5.28. The Hall–Kier alpha value is -1.17. The van der Waals surface area contributed by atoms with Crippen molar-refractivity contribution in [1.29, 1.82) is 0 Å². The lowest BCUT2D eigenvalue weighted by Gasteiger charge is -2.18. The minimum Gasteiger partial charge on any atom is -0.376 e. The second-order valence-electron chi connectivity index (χ2n) is 4.49. The Kier molecular flexibility index (Phi) is 6.07. The standard InChI is InChI=1S/C17H21OP/c1-2-3-14-18-15-19(16-10-6-4-7-11-16)17-12-8-5-9-13-17/h4-13H,2-3,14-15H2,1H3. The summed E-state index contributed by atoms with van der Waals surface area (Å²) < 4.78 is 5.87. The molecule has 100 valence electrons. The van der Waals surface area contributed by atoms with E-state index in [1.54, 1.807) is 0 Å². The van der Waals surface area contributed by atoms with Gasteiger partial charge in [-0.15, -0.1) is 0 Å². The molecule has 0 bridgehead atoms. The van der Waals surface area contributed by atoms with Gasteiger partial charge in [0.1, 0.15) is 0 Å². The molecule has 0 saturated carbocycles. The highest BCUT2D eigenvalue weighted by atomic mass is 31.1. The van der Waals surface area contributed by atoms with Crippen molar-refractivity contribution in [3.8, 4) is 0 Å². The highest BCUT2D eigenvalue weighted by molar-refractivity contribution is 7.72. The summed E-state index contributed by atoms with van der Waals surface area (Å²) in [6.45, 7) is 3.07. The summed E-state index contributed by atoms with van der Waals surface area (Å²) >= 11 is 0. The van der Waals surface area contributed by atoms with Gasteiger partial charge >= 0.3 is 0 Å². The van der Waals surface area contributed by atoms with Crippen LogP contribution >= 0.6 is 7.92 Å². The Morgan fingerprint density at radius 3 is 1.84 bits per heavy atom. The summed E-state index contributed by atoms with van der Waals surface area (Å²) in [5.74, 6) is 0. The van der Waals surface area contributed by atoms with E-state index in [1.165, 1.54) is 17.0 Å². The second kappa shape index (κ2) is 8.09. The zero-order valence-corrected chi connectivity index (χ0v) is 12.4. The maximum Gasteiger partial charge on any atom is 0.0742 e. The van der Waals surface area contributed by atoms with Gasteiger partial charge in [-0.25, -0.2) is 0 Å². The van der Waals surface area contributed by atoms with Gasteiger partial charge in [-0.2, -0.15) is 0 Å². The van der Waals surface area contributed by atoms with Crippen LogP contribution < -0.4 is 10.6 Å². The summed E-state index contributed by atoms with van der Waals surface area (Å²) in [7, 11) is -0.390. The maximum atomic E-state index is 5.87. The molecular weight excluding hydrogens is 251 g/mol. The normalized spacial score (nSPS) is 10.8. The molecule has 2 rings (SSSR count). The van der Waals surface area contributed by atoms with Crippen LogP contribution in [-0.2, 0) is 4.74 Å². The lowest BCUT2D eigenvalue weighted by atomic mass is 10.4. The van der Waals surface area contributed by atoms with Gasteiger partial charge in [-0.3, -0.25) is 0 Å². The predicted octanol–water partition coefficient (Wildman–Crippen LogP) is 3.89. The van der Waals surface area contributed by atoms with Crippen molar-refractivity contribution in [3.05, 3.63) is 60.7 Å². The van der Waals surface area contributed by atoms with E-state index < -0.39 is 0 Å². The number of hydrogen-bond donors (Lipinski definition) is 0. The van der Waals surface area contributed by atoms with Crippen LogP contribution in [0.3, 0.4) is 0 Å². The molecule has 0 amide bonds. The molecule has 0 radical (unpaired) electrons. The van der Waals surface area contributed by atoms with Crippen LogP contribution in [0.25, 0.3) is 0 Å². The minimum absolute atomic E-state index is 0.390. The summed E-state index contributed by atoms with van der Waals surface area (Å²) in [4.78, 5) is 0. The van der Waals surface area contributed by atoms with Crippen molar-refractivity contribution in [2.24, 2.45) is 0 Å². The molecule has 0 atom stereocenters. The number of unbranched alkanes of at least 4 members (excludes halogenated alkanes) is 1. The minimum atomic E-state index is -0.390. The summed E-state index contributed by atoms with van der Waals surface area (Å²) in [5.41, 5.74) is 0. The van der Waals surface area contributed by atoms with Gasteiger partial charge in [-0.05, 0) is 25.0 Å². The SMILES string of the molecule is CCCCOCP(c1ccccc1)c1ccccc1. The first-order chi connectivity index (χ1) is 9.42. The van der Waals surface area contributed by atoms with E-state index in [2.05, 4.69) is 67.6 Å². The van der Waals surface area contributed by atoms with Crippen molar-refractivity contribution in [2.75, 3.05) is 13.0 Å². The van der Waals surface area contributed by atoms with Gasteiger partial charge in [-0.1, -0.05) is 74.0 Å². The van der Waals surface area contributed by atoms with Gasteiger partial charge in [0, 0.05) is 6.61 Å². The average molecular weight is 272 g/mol. The first kappa shape index (κ1) is 14.2. The van der Waals surface area contributed by atoms with E-state index in [4.69, 9.17) is 4.74 Å². The first-order valence-electron chi connectivity index (χ1n) is 6.87. The number of hydrogen-bond acceptors (Lipinski definition) is 1. The zero-order valence-electron chi connectivity index (χ0n) is 11.5.